The van der Waals surface area contributed by atoms with E-state index in [1.165, 1.54) is 18.2 Å². The Bertz CT molecular complexity index is 781. The van der Waals surface area contributed by atoms with Crippen LogP contribution >= 0.6 is 0 Å². The summed E-state index contributed by atoms with van der Waals surface area (Å²) in [5, 5.41) is 8.77. The van der Waals surface area contributed by atoms with Crippen molar-refractivity contribution in [3.8, 4) is 5.75 Å². The Kier molecular flexibility index (Phi) is 4.58. The number of aromatic nitrogens is 1. The van der Waals surface area contributed by atoms with Crippen LogP contribution in [0.2, 0.25) is 0 Å². The van der Waals surface area contributed by atoms with Crippen LogP contribution in [0.15, 0.2) is 41.4 Å². The second kappa shape index (κ2) is 6.24. The smallest absolute Gasteiger partial charge is 0.504 e. The zero-order valence-corrected chi connectivity index (χ0v) is 12.8. The lowest BCUT2D eigenvalue weighted by molar-refractivity contribution is 0.0592. The van der Waals surface area contributed by atoms with E-state index in [0.29, 0.717) is 0 Å². The molecule has 1 heterocycles. The van der Waals surface area contributed by atoms with Gasteiger partial charge in [-0.2, -0.15) is 0 Å². The second-order valence-electron chi connectivity index (χ2n) is 4.44. The van der Waals surface area contributed by atoms with Crippen molar-refractivity contribution in [3.05, 3.63) is 47.8 Å². The molecule has 7 nitrogen and oxygen atoms in total. The molecule has 9 heteroatoms. The maximum Gasteiger partial charge on any atom is 0.504 e. The van der Waals surface area contributed by atoms with Crippen molar-refractivity contribution in [2.45, 2.75) is 11.8 Å². The third kappa shape index (κ3) is 3.00. The van der Waals surface area contributed by atoms with E-state index in [4.69, 9.17) is 9.68 Å². The summed E-state index contributed by atoms with van der Waals surface area (Å²) < 4.78 is 35.5. The van der Waals surface area contributed by atoms with Crippen LogP contribution in [0, 0.1) is 6.92 Å². The molecule has 1 aromatic heterocycles. The van der Waals surface area contributed by atoms with Crippen LogP contribution in [0.1, 0.15) is 16.1 Å². The van der Waals surface area contributed by atoms with Gasteiger partial charge in [0, 0.05) is 6.07 Å². The Morgan fingerprint density at radius 3 is 2.45 bits per heavy atom. The summed E-state index contributed by atoms with van der Waals surface area (Å²) in [6, 6.07) is 7.38. The van der Waals surface area contributed by atoms with Crippen molar-refractivity contribution in [2.24, 2.45) is 0 Å². The van der Waals surface area contributed by atoms with Crippen molar-refractivity contribution in [2.75, 3.05) is 7.11 Å². The van der Waals surface area contributed by atoms with E-state index >= 15 is 0 Å². The third-order valence-electron chi connectivity index (χ3n) is 2.96. The zero-order valence-electron chi connectivity index (χ0n) is 12.0. The van der Waals surface area contributed by atoms with Crippen LogP contribution < -0.4 is 4.65 Å². The molecule has 0 atom stereocenters. The fourth-order valence-electron chi connectivity index (χ4n) is 1.85. The minimum atomic E-state index is -3.98. The standard InChI is InChI=1S/C13H14BNO6S/c1-9-3-5-11(6-4-9)22(18,19)15-8-10(21-14-17)7-12(15)13(16)20-2/h3-8,14,17H,1-2H3. The number of carbonyl (C=O) groups excluding carboxylic acids is 1. The largest absolute Gasteiger partial charge is 0.538 e. The molecule has 22 heavy (non-hydrogen) atoms. The van der Waals surface area contributed by atoms with Gasteiger partial charge in [0.05, 0.1) is 18.2 Å². The van der Waals surface area contributed by atoms with Crippen molar-refractivity contribution in [1.29, 1.82) is 0 Å². The average molecular weight is 323 g/mol. The highest BCUT2D eigenvalue weighted by atomic mass is 32.2. The van der Waals surface area contributed by atoms with E-state index in [0.717, 1.165) is 22.8 Å². The number of nitrogens with zero attached hydrogens (tertiary/aromatic N) is 1. The predicted octanol–water partition coefficient (Wildman–Crippen LogP) is 0.458. The van der Waals surface area contributed by atoms with Gasteiger partial charge in [0.15, 0.2) is 0 Å². The molecule has 2 aromatic rings. The maximum absolute atomic E-state index is 12.6. The van der Waals surface area contributed by atoms with Crippen LogP contribution in [0.5, 0.6) is 5.75 Å². The Morgan fingerprint density at radius 1 is 1.27 bits per heavy atom. The molecule has 2 rings (SSSR count). The van der Waals surface area contributed by atoms with Gasteiger partial charge in [0.2, 0.25) is 0 Å². The van der Waals surface area contributed by atoms with Gasteiger partial charge in [-0.25, -0.2) is 17.2 Å². The number of esters is 1. The Balaban J connectivity index is 2.58. The number of rotatable bonds is 5. The maximum atomic E-state index is 12.6. The van der Waals surface area contributed by atoms with Crippen LogP contribution in [0.3, 0.4) is 0 Å². The summed E-state index contributed by atoms with van der Waals surface area (Å²) in [7, 11) is -3.48. The molecule has 1 N–H and O–H groups in total. The SMILES string of the molecule is COC(=O)c1cc(OBO)cn1S(=O)(=O)c1ccc(C)cc1. The van der Waals surface area contributed by atoms with Gasteiger partial charge < -0.3 is 14.4 Å². The molecular formula is C13H14BNO6S. The molecule has 0 fully saturated rings. The molecule has 0 aliphatic carbocycles. The van der Waals surface area contributed by atoms with Crippen LogP contribution in [0.4, 0.5) is 0 Å². The number of carbonyl (C=O) groups is 1. The van der Waals surface area contributed by atoms with E-state index in [1.54, 1.807) is 12.1 Å². The predicted molar refractivity (Wildman–Crippen MR) is 79.5 cm³/mol. The number of methoxy groups -OCH3 is 1. The summed E-state index contributed by atoms with van der Waals surface area (Å²) in [6.07, 6.45) is 1.11. The minimum absolute atomic E-state index is 0.0226. The second-order valence-corrected chi connectivity index (χ2v) is 6.25. The molecule has 0 saturated heterocycles. The highest BCUT2D eigenvalue weighted by Gasteiger charge is 2.25. The van der Waals surface area contributed by atoms with Crippen LogP contribution in [0.25, 0.3) is 0 Å². The first-order valence-electron chi connectivity index (χ1n) is 6.26. The van der Waals surface area contributed by atoms with E-state index in [9.17, 15) is 13.2 Å². The number of hydrogen-bond donors (Lipinski definition) is 1. The lowest BCUT2D eigenvalue weighted by Gasteiger charge is -2.09. The summed E-state index contributed by atoms with van der Waals surface area (Å²) in [4.78, 5) is 11.8. The van der Waals surface area contributed by atoms with Gasteiger partial charge in [-0.3, -0.25) is 0 Å². The molecule has 0 saturated carbocycles. The molecule has 0 amide bonds. The molecule has 0 bridgehead atoms. The van der Waals surface area contributed by atoms with Crippen molar-refractivity contribution in [1.82, 2.24) is 3.97 Å². The molecule has 0 radical (unpaired) electrons. The van der Waals surface area contributed by atoms with Gasteiger partial charge in [-0.15, -0.1) is 0 Å². The van der Waals surface area contributed by atoms with E-state index < -0.39 is 23.7 Å². The first-order valence-corrected chi connectivity index (χ1v) is 7.70. The summed E-state index contributed by atoms with van der Waals surface area (Å²) >= 11 is 0. The summed E-state index contributed by atoms with van der Waals surface area (Å²) in [5.74, 6) is -0.790. The topological polar surface area (TPSA) is 94.8 Å². The Morgan fingerprint density at radius 2 is 1.91 bits per heavy atom. The van der Waals surface area contributed by atoms with E-state index in [-0.39, 0.29) is 16.3 Å². The van der Waals surface area contributed by atoms with Crippen molar-refractivity contribution >= 4 is 23.7 Å². The molecule has 0 aliphatic rings. The van der Waals surface area contributed by atoms with Gasteiger partial charge in [0.25, 0.3) is 10.0 Å². The van der Waals surface area contributed by atoms with Crippen molar-refractivity contribution < 1.29 is 27.6 Å². The summed E-state index contributed by atoms with van der Waals surface area (Å²) in [5.41, 5.74) is 0.690. The highest BCUT2D eigenvalue weighted by molar-refractivity contribution is 7.90. The fourth-order valence-corrected chi connectivity index (χ4v) is 3.19. The van der Waals surface area contributed by atoms with E-state index in [1.807, 2.05) is 6.92 Å². The summed E-state index contributed by atoms with van der Waals surface area (Å²) in [6.45, 7) is 1.83. The molecule has 116 valence electrons. The zero-order chi connectivity index (χ0) is 16.3. The average Bonchev–Trinajstić information content (AvgIpc) is 2.92. The van der Waals surface area contributed by atoms with Gasteiger partial charge in [-0.1, -0.05) is 17.7 Å². The quantitative estimate of drug-likeness (QED) is 0.634. The molecule has 0 aliphatic heterocycles. The number of ether oxygens (including phenoxy) is 1. The highest BCUT2D eigenvalue weighted by Crippen LogP contribution is 2.23. The van der Waals surface area contributed by atoms with Gasteiger partial charge in [0.1, 0.15) is 11.4 Å². The van der Waals surface area contributed by atoms with Crippen LogP contribution in [-0.2, 0) is 14.8 Å². The van der Waals surface area contributed by atoms with Crippen molar-refractivity contribution in [3.63, 3.8) is 0 Å². The van der Waals surface area contributed by atoms with Gasteiger partial charge in [-0.05, 0) is 19.1 Å². The first kappa shape index (κ1) is 16.1. The number of hydrogen-bond acceptors (Lipinski definition) is 6. The van der Waals surface area contributed by atoms with Crippen LogP contribution in [-0.4, -0.2) is 38.2 Å². The normalized spacial score (nSPS) is 11.0. The molecule has 1 aromatic carbocycles. The third-order valence-corrected chi connectivity index (χ3v) is 4.65. The molecular weight excluding hydrogens is 309 g/mol. The lowest BCUT2D eigenvalue weighted by atomic mass is 10.2. The Labute approximate surface area is 128 Å². The first-order chi connectivity index (χ1) is 10.4. The molecule has 0 spiro atoms. The number of benzene rings is 1. The fraction of sp³-hybridized carbons (Fsp3) is 0.154. The number of aryl methyl sites for hydroxylation is 1. The Hall–Kier alpha value is -2.26. The van der Waals surface area contributed by atoms with Gasteiger partial charge >= 0.3 is 13.7 Å². The minimum Gasteiger partial charge on any atom is -0.538 e. The lowest BCUT2D eigenvalue weighted by Crippen LogP contribution is -2.18. The monoisotopic (exact) mass is 323 g/mol. The van der Waals surface area contributed by atoms with E-state index in [2.05, 4.69) is 4.74 Å². The molecule has 0 unspecified atom stereocenters.